The molecule has 0 fully saturated rings. The molecule has 0 spiro atoms. The van der Waals surface area contributed by atoms with Crippen LogP contribution in [0.25, 0.3) is 0 Å². The zero-order valence-corrected chi connectivity index (χ0v) is 8.19. The van der Waals surface area contributed by atoms with Crippen molar-refractivity contribution < 1.29 is 22.8 Å². The highest BCUT2D eigenvalue weighted by Crippen LogP contribution is 2.35. The quantitative estimate of drug-likeness (QED) is 0.606. The monoisotopic (exact) mass is 246 g/mol. The van der Waals surface area contributed by atoms with Crippen molar-refractivity contribution in [3.63, 3.8) is 0 Å². The fourth-order valence-corrected chi connectivity index (χ4v) is 1.07. The maximum Gasteiger partial charge on any atom is 0.416 e. The molecule has 0 saturated heterocycles. The van der Waals surface area contributed by atoms with Gasteiger partial charge in [-0.1, -0.05) is 0 Å². The second-order valence-electron chi connectivity index (χ2n) is 2.88. The van der Waals surface area contributed by atoms with Crippen molar-refractivity contribution in [3.05, 3.63) is 33.9 Å². The maximum atomic E-state index is 12.3. The minimum atomic E-state index is -4.67. The zero-order chi connectivity index (χ0) is 13.1. The summed E-state index contributed by atoms with van der Waals surface area (Å²) in [6.07, 6.45) is -4.67. The molecule has 0 aliphatic rings. The number of halogens is 3. The lowest BCUT2D eigenvalue weighted by Crippen LogP contribution is -2.06. The molecule has 5 nitrogen and oxygen atoms in total. The van der Waals surface area contributed by atoms with Crippen molar-refractivity contribution in [2.75, 3.05) is 6.61 Å². The van der Waals surface area contributed by atoms with Crippen LogP contribution in [-0.4, -0.2) is 11.5 Å². The second-order valence-corrected chi connectivity index (χ2v) is 2.88. The maximum absolute atomic E-state index is 12.3. The van der Waals surface area contributed by atoms with Gasteiger partial charge < -0.3 is 4.74 Å². The van der Waals surface area contributed by atoms with E-state index in [1.165, 1.54) is 0 Å². The third kappa shape index (κ3) is 3.07. The molecule has 1 rings (SSSR count). The first-order valence-corrected chi connectivity index (χ1v) is 4.21. The van der Waals surface area contributed by atoms with Crippen molar-refractivity contribution in [2.45, 2.75) is 6.18 Å². The molecule has 1 aromatic carbocycles. The van der Waals surface area contributed by atoms with Crippen LogP contribution in [0.1, 0.15) is 5.56 Å². The Kier molecular flexibility index (Phi) is 3.52. The van der Waals surface area contributed by atoms with Crippen molar-refractivity contribution in [3.8, 4) is 11.8 Å². The van der Waals surface area contributed by atoms with Gasteiger partial charge in [0.25, 0.3) is 0 Å². The number of rotatable bonds is 3. The average molecular weight is 246 g/mol. The summed E-state index contributed by atoms with van der Waals surface area (Å²) in [4.78, 5) is 9.54. The highest BCUT2D eigenvalue weighted by atomic mass is 19.4. The molecule has 0 aromatic heterocycles. The van der Waals surface area contributed by atoms with Crippen LogP contribution in [0.2, 0.25) is 0 Å². The van der Waals surface area contributed by atoms with E-state index in [1.54, 1.807) is 6.07 Å². The molecule has 0 amide bonds. The smallest absolute Gasteiger partial charge is 0.416 e. The van der Waals surface area contributed by atoms with E-state index in [9.17, 15) is 23.3 Å². The third-order valence-electron chi connectivity index (χ3n) is 1.78. The largest absolute Gasteiger partial charge is 0.472 e. The Morgan fingerprint density at radius 3 is 2.59 bits per heavy atom. The van der Waals surface area contributed by atoms with Gasteiger partial charge in [0.2, 0.25) is 0 Å². The van der Waals surface area contributed by atoms with E-state index >= 15 is 0 Å². The van der Waals surface area contributed by atoms with Gasteiger partial charge in [0.05, 0.1) is 10.5 Å². The summed E-state index contributed by atoms with van der Waals surface area (Å²) in [7, 11) is 0. The van der Waals surface area contributed by atoms with E-state index < -0.39 is 29.0 Å². The van der Waals surface area contributed by atoms with Gasteiger partial charge in [-0.2, -0.15) is 18.4 Å². The fourth-order valence-electron chi connectivity index (χ4n) is 1.07. The number of hydrogen-bond acceptors (Lipinski definition) is 4. The van der Waals surface area contributed by atoms with E-state index in [-0.39, 0.29) is 5.75 Å². The topological polar surface area (TPSA) is 76.2 Å². The van der Waals surface area contributed by atoms with Gasteiger partial charge in [-0.05, 0) is 12.1 Å². The lowest BCUT2D eigenvalue weighted by molar-refractivity contribution is -0.386. The lowest BCUT2D eigenvalue weighted by Gasteiger charge is -2.08. The van der Waals surface area contributed by atoms with Crippen molar-refractivity contribution in [1.29, 1.82) is 5.26 Å². The Hall–Kier alpha value is -2.30. The predicted molar refractivity (Wildman–Crippen MR) is 49.2 cm³/mol. The van der Waals surface area contributed by atoms with Crippen LogP contribution in [-0.2, 0) is 6.18 Å². The molecule has 1 aromatic rings. The molecular formula is C9H5F3N2O3. The van der Waals surface area contributed by atoms with Crippen LogP contribution < -0.4 is 4.74 Å². The molecule has 17 heavy (non-hydrogen) atoms. The van der Waals surface area contributed by atoms with Gasteiger partial charge in [-0.15, -0.1) is 0 Å². The summed E-state index contributed by atoms with van der Waals surface area (Å²) in [5.41, 5.74) is -1.97. The van der Waals surface area contributed by atoms with E-state index in [0.29, 0.717) is 12.1 Å². The molecule has 0 atom stereocenters. The SMILES string of the molecule is N#CCOc1ccc(C(F)(F)F)cc1[N+](=O)[O-]. The molecule has 90 valence electrons. The highest BCUT2D eigenvalue weighted by Gasteiger charge is 2.33. The molecule has 0 heterocycles. The molecule has 0 saturated carbocycles. The molecule has 0 aliphatic carbocycles. The van der Waals surface area contributed by atoms with Gasteiger partial charge >= 0.3 is 11.9 Å². The second kappa shape index (κ2) is 4.69. The van der Waals surface area contributed by atoms with E-state index in [0.717, 1.165) is 6.07 Å². The summed E-state index contributed by atoms with van der Waals surface area (Å²) >= 11 is 0. The number of nitriles is 1. The van der Waals surface area contributed by atoms with Crippen molar-refractivity contribution >= 4 is 5.69 Å². The number of nitrogens with zero attached hydrogens (tertiary/aromatic N) is 2. The Morgan fingerprint density at radius 1 is 1.47 bits per heavy atom. The van der Waals surface area contributed by atoms with Gasteiger partial charge in [0.1, 0.15) is 6.07 Å². The van der Waals surface area contributed by atoms with Crippen LogP contribution in [0.5, 0.6) is 5.75 Å². The number of benzene rings is 1. The molecule has 0 bridgehead atoms. The Morgan fingerprint density at radius 2 is 2.12 bits per heavy atom. The third-order valence-corrected chi connectivity index (χ3v) is 1.78. The van der Waals surface area contributed by atoms with Crippen LogP contribution in [0, 0.1) is 21.4 Å². The molecule has 0 aliphatic heterocycles. The first-order chi connectivity index (χ1) is 7.86. The molecule has 0 unspecified atom stereocenters. The predicted octanol–water partition coefficient (Wildman–Crippen LogP) is 2.52. The molecule has 8 heteroatoms. The molecule has 0 N–H and O–H groups in total. The number of nitro benzene ring substituents is 1. The zero-order valence-electron chi connectivity index (χ0n) is 8.19. The molecule has 0 radical (unpaired) electrons. The van der Waals surface area contributed by atoms with Crippen LogP contribution >= 0.6 is 0 Å². The number of hydrogen-bond donors (Lipinski definition) is 0. The first kappa shape index (κ1) is 12.8. The number of ether oxygens (including phenoxy) is 1. The Bertz CT molecular complexity index is 479. The van der Waals surface area contributed by atoms with Crippen molar-refractivity contribution in [2.24, 2.45) is 0 Å². The summed E-state index contributed by atoms with van der Waals surface area (Å²) < 4.78 is 41.5. The minimum absolute atomic E-state index is 0.368. The highest BCUT2D eigenvalue weighted by molar-refractivity contribution is 5.49. The van der Waals surface area contributed by atoms with Crippen LogP contribution in [0.4, 0.5) is 18.9 Å². The summed E-state index contributed by atoms with van der Waals surface area (Å²) in [6, 6.07) is 3.40. The number of nitro groups is 1. The standard InChI is InChI=1S/C9H5F3N2O3/c10-9(11,12)6-1-2-8(17-4-3-13)7(5-6)14(15)16/h1-2,5H,4H2. The first-order valence-electron chi connectivity index (χ1n) is 4.21. The van der Waals surface area contributed by atoms with Crippen LogP contribution in [0.15, 0.2) is 18.2 Å². The lowest BCUT2D eigenvalue weighted by atomic mass is 10.2. The minimum Gasteiger partial charge on any atom is -0.472 e. The average Bonchev–Trinajstić information content (AvgIpc) is 2.24. The van der Waals surface area contributed by atoms with Gasteiger partial charge in [-0.3, -0.25) is 10.1 Å². The van der Waals surface area contributed by atoms with Gasteiger partial charge in [0, 0.05) is 6.07 Å². The van der Waals surface area contributed by atoms with Gasteiger partial charge in [-0.25, -0.2) is 0 Å². The Balaban J connectivity index is 3.18. The van der Waals surface area contributed by atoms with E-state index in [2.05, 4.69) is 4.74 Å². The van der Waals surface area contributed by atoms with E-state index in [1.807, 2.05) is 0 Å². The summed E-state index contributed by atoms with van der Waals surface area (Å²) in [5, 5.41) is 18.8. The van der Waals surface area contributed by atoms with Gasteiger partial charge in [0.15, 0.2) is 12.4 Å². The summed E-state index contributed by atoms with van der Waals surface area (Å²) in [6.45, 7) is -0.480. The Labute approximate surface area is 93.2 Å². The summed E-state index contributed by atoms with van der Waals surface area (Å²) in [5.74, 6) is -0.371. The van der Waals surface area contributed by atoms with Crippen molar-refractivity contribution in [1.82, 2.24) is 0 Å². The van der Waals surface area contributed by atoms with E-state index in [4.69, 9.17) is 5.26 Å². The molecular weight excluding hydrogens is 241 g/mol. The van der Waals surface area contributed by atoms with Crippen LogP contribution in [0.3, 0.4) is 0 Å². The number of alkyl halides is 3. The fraction of sp³-hybridized carbons (Fsp3) is 0.222. The normalized spacial score (nSPS) is 10.7.